The fraction of sp³-hybridized carbons (Fsp3) is 0.381. The molecule has 166 valence electrons. The van der Waals surface area contributed by atoms with E-state index >= 15 is 0 Å². The van der Waals surface area contributed by atoms with E-state index in [-0.39, 0.29) is 23.4 Å². The number of nitrogens with one attached hydrogen (secondary N) is 2. The van der Waals surface area contributed by atoms with Crippen LogP contribution in [0, 0.1) is 20.2 Å². The smallest absolute Gasteiger partial charge is 0.315 e. The zero-order chi connectivity index (χ0) is 22.6. The minimum atomic E-state index is -0.439. The summed E-state index contributed by atoms with van der Waals surface area (Å²) in [6, 6.07) is 12.6. The largest absolute Gasteiger partial charge is 0.335 e. The van der Waals surface area contributed by atoms with Crippen LogP contribution in [0.1, 0.15) is 43.2 Å². The summed E-state index contributed by atoms with van der Waals surface area (Å²) in [5.74, 6) is 0. The molecule has 31 heavy (non-hydrogen) atoms. The zero-order valence-electron chi connectivity index (χ0n) is 17.2. The van der Waals surface area contributed by atoms with Gasteiger partial charge in [0.2, 0.25) is 0 Å². The number of nitro groups is 2. The summed E-state index contributed by atoms with van der Waals surface area (Å²) in [5, 5.41) is 26.6. The van der Waals surface area contributed by atoms with E-state index in [0.717, 1.165) is 36.8 Å². The Kier molecular flexibility index (Phi) is 9.37. The Hall–Kier alpha value is -3.53. The van der Waals surface area contributed by atoms with Gasteiger partial charge in [-0.2, -0.15) is 0 Å². The van der Waals surface area contributed by atoms with Gasteiger partial charge in [0.1, 0.15) is 0 Å². The number of nitrogens with zero attached hydrogens (tertiary/aromatic N) is 2. The van der Waals surface area contributed by atoms with Gasteiger partial charge in [0.15, 0.2) is 0 Å². The molecule has 0 bridgehead atoms. The van der Waals surface area contributed by atoms with Crippen LogP contribution in [-0.2, 0) is 13.1 Å². The average molecular weight is 429 g/mol. The number of urea groups is 1. The fourth-order valence-corrected chi connectivity index (χ4v) is 3.24. The maximum atomic E-state index is 11.7. The third kappa shape index (κ3) is 8.39. The van der Waals surface area contributed by atoms with Gasteiger partial charge >= 0.3 is 6.03 Å². The van der Waals surface area contributed by atoms with E-state index in [0.29, 0.717) is 13.1 Å². The van der Waals surface area contributed by atoms with Crippen LogP contribution in [0.25, 0.3) is 0 Å². The Labute approximate surface area is 180 Å². The Bertz CT molecular complexity index is 899. The number of hydrogen-bond donors (Lipinski definition) is 3. The Morgan fingerprint density at radius 2 is 1.48 bits per heavy atom. The molecule has 10 nitrogen and oxygen atoms in total. The number of carbonyl (C=O) groups excluding carboxylic acids is 1. The summed E-state index contributed by atoms with van der Waals surface area (Å²) >= 11 is 0. The molecule has 2 aromatic rings. The molecular weight excluding hydrogens is 402 g/mol. The molecule has 1 saturated carbocycles. The van der Waals surface area contributed by atoms with Crippen LogP contribution in [0.5, 0.6) is 0 Å². The van der Waals surface area contributed by atoms with Crippen LogP contribution in [0.2, 0.25) is 0 Å². The second-order valence-corrected chi connectivity index (χ2v) is 7.22. The molecule has 0 saturated heterocycles. The monoisotopic (exact) mass is 429 g/mol. The number of benzene rings is 2. The van der Waals surface area contributed by atoms with Crippen molar-refractivity contribution in [3.8, 4) is 0 Å². The predicted octanol–water partition coefficient (Wildman–Crippen LogP) is 3.78. The number of non-ortho nitro benzene ring substituents is 2. The van der Waals surface area contributed by atoms with Crippen molar-refractivity contribution in [3.63, 3.8) is 0 Å². The van der Waals surface area contributed by atoms with E-state index in [2.05, 4.69) is 10.6 Å². The molecule has 2 aromatic carbocycles. The summed E-state index contributed by atoms with van der Waals surface area (Å²) in [7, 11) is 0. The minimum Gasteiger partial charge on any atom is -0.335 e. The highest BCUT2D eigenvalue weighted by atomic mass is 16.6. The van der Waals surface area contributed by atoms with E-state index in [9.17, 15) is 25.0 Å². The summed E-state index contributed by atoms with van der Waals surface area (Å²) < 4.78 is 0. The highest BCUT2D eigenvalue weighted by molar-refractivity contribution is 5.74. The lowest BCUT2D eigenvalue weighted by Crippen LogP contribution is -2.42. The first-order chi connectivity index (χ1) is 14.9. The van der Waals surface area contributed by atoms with Crippen LogP contribution in [0.3, 0.4) is 0 Å². The number of nitrogens with two attached hydrogens (primary N) is 1. The number of nitro benzene ring substituents is 2. The second kappa shape index (κ2) is 12.2. The van der Waals surface area contributed by atoms with Crippen molar-refractivity contribution in [1.29, 1.82) is 0 Å². The normalized spacial score (nSPS) is 13.5. The van der Waals surface area contributed by atoms with Crippen LogP contribution in [-0.4, -0.2) is 21.9 Å². The molecule has 10 heteroatoms. The van der Waals surface area contributed by atoms with Crippen molar-refractivity contribution in [1.82, 2.24) is 10.6 Å². The van der Waals surface area contributed by atoms with E-state index in [4.69, 9.17) is 5.73 Å². The summed E-state index contributed by atoms with van der Waals surface area (Å²) in [6.07, 6.45) is 5.63. The van der Waals surface area contributed by atoms with Gasteiger partial charge in [-0.3, -0.25) is 20.2 Å². The van der Waals surface area contributed by atoms with Crippen molar-refractivity contribution in [3.05, 3.63) is 79.9 Å². The van der Waals surface area contributed by atoms with Gasteiger partial charge in [-0.15, -0.1) is 0 Å². The van der Waals surface area contributed by atoms with Gasteiger partial charge in [-0.25, -0.2) is 4.79 Å². The average Bonchev–Trinajstić information content (AvgIpc) is 2.79. The molecule has 0 unspecified atom stereocenters. The van der Waals surface area contributed by atoms with E-state index in [1.54, 1.807) is 24.3 Å². The van der Waals surface area contributed by atoms with Crippen molar-refractivity contribution >= 4 is 17.4 Å². The van der Waals surface area contributed by atoms with E-state index < -0.39 is 9.85 Å². The standard InChI is InChI=1S/C14H19N3O3.C7H8N2O2/c18-14(16-12-6-2-1-3-7-12)15-10-11-5-4-8-13(9-11)17(19)20;8-5-6-2-1-3-7(4-6)9(10)11/h4-5,8-9,12H,1-3,6-7,10H2,(H2,15,16,18);1-4H,5,8H2. The SMILES string of the molecule is NCc1cccc([N+](=O)[O-])c1.O=C(NCc1cccc([N+](=O)[O-])c1)NC1CCCCC1. The first-order valence-corrected chi connectivity index (χ1v) is 10.1. The number of hydrogen-bond acceptors (Lipinski definition) is 6. The molecule has 0 heterocycles. The fourth-order valence-electron chi connectivity index (χ4n) is 3.24. The molecule has 0 aliphatic heterocycles. The number of carbonyl (C=O) groups is 1. The Balaban J connectivity index is 0.000000262. The molecule has 0 atom stereocenters. The van der Waals surface area contributed by atoms with Gasteiger partial charge in [-0.1, -0.05) is 43.5 Å². The van der Waals surface area contributed by atoms with E-state index in [1.807, 2.05) is 0 Å². The lowest BCUT2D eigenvalue weighted by molar-refractivity contribution is -0.385. The maximum Gasteiger partial charge on any atom is 0.315 e. The summed E-state index contributed by atoms with van der Waals surface area (Å²) in [4.78, 5) is 31.8. The lowest BCUT2D eigenvalue weighted by atomic mass is 9.96. The zero-order valence-corrected chi connectivity index (χ0v) is 17.2. The van der Waals surface area contributed by atoms with Gasteiger partial charge in [-0.05, 0) is 24.0 Å². The molecule has 2 amide bonds. The summed E-state index contributed by atoms with van der Waals surface area (Å²) in [6.45, 7) is 0.627. The topological polar surface area (TPSA) is 153 Å². The van der Waals surface area contributed by atoms with Gasteiger partial charge < -0.3 is 16.4 Å². The van der Waals surface area contributed by atoms with Gasteiger partial charge in [0.05, 0.1) is 9.85 Å². The highest BCUT2D eigenvalue weighted by Gasteiger charge is 2.15. The Morgan fingerprint density at radius 3 is 2.03 bits per heavy atom. The second-order valence-electron chi connectivity index (χ2n) is 7.22. The highest BCUT2D eigenvalue weighted by Crippen LogP contribution is 2.17. The minimum absolute atomic E-state index is 0.0389. The quantitative estimate of drug-likeness (QED) is 0.469. The molecular formula is C21H27N5O5. The number of rotatable bonds is 6. The predicted molar refractivity (Wildman–Crippen MR) is 116 cm³/mol. The van der Waals surface area contributed by atoms with Crippen LogP contribution < -0.4 is 16.4 Å². The van der Waals surface area contributed by atoms with Crippen LogP contribution >= 0.6 is 0 Å². The van der Waals surface area contributed by atoms with Gasteiger partial charge in [0.25, 0.3) is 11.4 Å². The first kappa shape index (κ1) is 23.7. The molecule has 0 spiro atoms. The van der Waals surface area contributed by atoms with Crippen molar-refractivity contribution < 1.29 is 14.6 Å². The molecule has 0 radical (unpaired) electrons. The maximum absolute atomic E-state index is 11.7. The molecule has 4 N–H and O–H groups in total. The van der Waals surface area contributed by atoms with Crippen molar-refractivity contribution in [2.24, 2.45) is 5.73 Å². The molecule has 1 fully saturated rings. The van der Waals surface area contributed by atoms with Crippen molar-refractivity contribution in [2.45, 2.75) is 51.2 Å². The molecule has 3 rings (SSSR count). The number of amides is 2. The third-order valence-electron chi connectivity index (χ3n) is 4.87. The van der Waals surface area contributed by atoms with Crippen LogP contribution in [0.4, 0.5) is 16.2 Å². The summed E-state index contributed by atoms with van der Waals surface area (Å²) in [5.41, 5.74) is 6.92. The molecule has 0 aromatic heterocycles. The Morgan fingerprint density at radius 1 is 0.935 bits per heavy atom. The van der Waals surface area contributed by atoms with E-state index in [1.165, 1.54) is 30.7 Å². The van der Waals surface area contributed by atoms with Gasteiger partial charge in [0, 0.05) is 43.4 Å². The first-order valence-electron chi connectivity index (χ1n) is 10.1. The molecule has 1 aliphatic rings. The lowest BCUT2D eigenvalue weighted by Gasteiger charge is -2.22. The van der Waals surface area contributed by atoms with Crippen molar-refractivity contribution in [2.75, 3.05) is 0 Å². The molecule has 1 aliphatic carbocycles. The third-order valence-corrected chi connectivity index (χ3v) is 4.87. The van der Waals surface area contributed by atoms with Crippen LogP contribution in [0.15, 0.2) is 48.5 Å².